The van der Waals surface area contributed by atoms with E-state index in [0.717, 1.165) is 12.1 Å². The van der Waals surface area contributed by atoms with Crippen molar-refractivity contribution in [3.63, 3.8) is 0 Å². The molecular formula is C15H22N2O3. The summed E-state index contributed by atoms with van der Waals surface area (Å²) in [6, 6.07) is 5.66. The summed E-state index contributed by atoms with van der Waals surface area (Å²) in [5.41, 5.74) is 0.768. The van der Waals surface area contributed by atoms with E-state index in [0.29, 0.717) is 18.0 Å². The van der Waals surface area contributed by atoms with Gasteiger partial charge in [-0.15, -0.1) is 0 Å². The Bertz CT molecular complexity index is 488. The lowest BCUT2D eigenvalue weighted by atomic mass is 10.2. The van der Waals surface area contributed by atoms with Gasteiger partial charge in [-0.25, -0.2) is 0 Å². The Morgan fingerprint density at radius 1 is 1.30 bits per heavy atom. The number of carbonyl (C=O) groups is 1. The third-order valence-electron chi connectivity index (χ3n) is 3.42. The highest BCUT2D eigenvalue weighted by Gasteiger charge is 2.34. The van der Waals surface area contributed by atoms with Crippen LogP contribution in [0.2, 0.25) is 0 Å². The average molecular weight is 278 g/mol. The Morgan fingerprint density at radius 2 is 2.05 bits per heavy atom. The number of nitrogens with zero attached hydrogens (tertiary/aromatic N) is 1. The topological polar surface area (TPSA) is 50.8 Å². The van der Waals surface area contributed by atoms with Gasteiger partial charge in [-0.05, 0) is 18.6 Å². The zero-order chi connectivity index (χ0) is 14.7. The normalized spacial score (nSPS) is 18.8. The van der Waals surface area contributed by atoms with E-state index in [4.69, 9.17) is 9.47 Å². The van der Waals surface area contributed by atoms with E-state index in [1.54, 1.807) is 19.1 Å². The SMILES string of the molecule is COc1ccc(OC)c(N2CCC(NC(C)C)C2=O)c1. The molecule has 1 aromatic rings. The molecule has 0 saturated carbocycles. The van der Waals surface area contributed by atoms with E-state index < -0.39 is 0 Å². The van der Waals surface area contributed by atoms with E-state index in [2.05, 4.69) is 5.32 Å². The Morgan fingerprint density at radius 3 is 2.65 bits per heavy atom. The molecule has 1 aliphatic heterocycles. The first-order valence-corrected chi connectivity index (χ1v) is 6.86. The molecule has 0 bridgehead atoms. The first-order chi connectivity index (χ1) is 9.56. The average Bonchev–Trinajstić information content (AvgIpc) is 2.78. The van der Waals surface area contributed by atoms with Gasteiger partial charge in [-0.3, -0.25) is 4.79 Å². The summed E-state index contributed by atoms with van der Waals surface area (Å²) in [4.78, 5) is 14.2. The van der Waals surface area contributed by atoms with Gasteiger partial charge >= 0.3 is 0 Å². The number of hydrogen-bond acceptors (Lipinski definition) is 4. The van der Waals surface area contributed by atoms with Crippen LogP contribution in [-0.2, 0) is 4.79 Å². The molecule has 1 N–H and O–H groups in total. The van der Waals surface area contributed by atoms with E-state index in [9.17, 15) is 4.79 Å². The number of carbonyl (C=O) groups excluding carboxylic acids is 1. The van der Waals surface area contributed by atoms with Crippen LogP contribution in [0.4, 0.5) is 5.69 Å². The standard InChI is InChI=1S/C15H22N2O3/c1-10(2)16-12-7-8-17(15(12)18)13-9-11(19-3)5-6-14(13)20-4/h5-6,9-10,12,16H,7-8H2,1-4H3. The molecule has 110 valence electrons. The Balaban J connectivity index is 2.25. The maximum atomic E-state index is 12.5. The number of amides is 1. The molecule has 1 atom stereocenters. The van der Waals surface area contributed by atoms with Crippen molar-refractivity contribution < 1.29 is 14.3 Å². The molecule has 1 amide bonds. The number of methoxy groups -OCH3 is 2. The zero-order valence-corrected chi connectivity index (χ0v) is 12.5. The van der Waals surface area contributed by atoms with Crippen molar-refractivity contribution in [2.75, 3.05) is 25.7 Å². The fraction of sp³-hybridized carbons (Fsp3) is 0.533. The molecule has 1 unspecified atom stereocenters. The molecule has 1 saturated heterocycles. The second-order valence-electron chi connectivity index (χ2n) is 5.19. The van der Waals surface area contributed by atoms with Crippen LogP contribution >= 0.6 is 0 Å². The lowest BCUT2D eigenvalue weighted by molar-refractivity contribution is -0.119. The minimum atomic E-state index is -0.120. The number of ether oxygens (including phenoxy) is 2. The molecule has 20 heavy (non-hydrogen) atoms. The van der Waals surface area contributed by atoms with Crippen molar-refractivity contribution in [1.82, 2.24) is 5.32 Å². The number of hydrogen-bond donors (Lipinski definition) is 1. The highest BCUT2D eigenvalue weighted by molar-refractivity contribution is 6.00. The first kappa shape index (κ1) is 14.7. The van der Waals surface area contributed by atoms with Crippen molar-refractivity contribution in [2.45, 2.75) is 32.4 Å². The van der Waals surface area contributed by atoms with Gasteiger partial charge in [0.15, 0.2) is 0 Å². The molecule has 1 aliphatic rings. The maximum absolute atomic E-state index is 12.5. The summed E-state index contributed by atoms with van der Waals surface area (Å²) >= 11 is 0. The van der Waals surface area contributed by atoms with Gasteiger partial charge in [-0.2, -0.15) is 0 Å². The van der Waals surface area contributed by atoms with Gasteiger partial charge in [0.2, 0.25) is 5.91 Å². The third-order valence-corrected chi connectivity index (χ3v) is 3.42. The largest absolute Gasteiger partial charge is 0.497 e. The summed E-state index contributed by atoms with van der Waals surface area (Å²) in [7, 11) is 3.22. The summed E-state index contributed by atoms with van der Waals surface area (Å²) in [5.74, 6) is 1.49. The predicted molar refractivity (Wildman–Crippen MR) is 78.6 cm³/mol. The van der Waals surface area contributed by atoms with E-state index in [1.807, 2.05) is 32.0 Å². The van der Waals surface area contributed by atoms with Gasteiger partial charge in [0.05, 0.1) is 25.9 Å². The van der Waals surface area contributed by atoms with Crippen LogP contribution in [-0.4, -0.2) is 38.8 Å². The number of benzene rings is 1. The Labute approximate surface area is 119 Å². The van der Waals surface area contributed by atoms with Crippen LogP contribution < -0.4 is 19.7 Å². The Kier molecular flexibility index (Phi) is 4.49. The van der Waals surface area contributed by atoms with E-state index in [1.165, 1.54) is 0 Å². The molecule has 5 heteroatoms. The van der Waals surface area contributed by atoms with Gasteiger partial charge in [0, 0.05) is 18.7 Å². The van der Waals surface area contributed by atoms with Crippen molar-refractivity contribution in [3.8, 4) is 11.5 Å². The molecular weight excluding hydrogens is 256 g/mol. The van der Waals surface area contributed by atoms with Crippen LogP contribution in [0.15, 0.2) is 18.2 Å². The van der Waals surface area contributed by atoms with Gasteiger partial charge in [0.25, 0.3) is 0 Å². The molecule has 0 aliphatic carbocycles. The van der Waals surface area contributed by atoms with E-state index in [-0.39, 0.29) is 18.0 Å². The fourth-order valence-electron chi connectivity index (χ4n) is 2.48. The van der Waals surface area contributed by atoms with Gasteiger partial charge in [-0.1, -0.05) is 13.8 Å². The summed E-state index contributed by atoms with van der Waals surface area (Å²) < 4.78 is 10.6. The molecule has 0 radical (unpaired) electrons. The summed E-state index contributed by atoms with van der Waals surface area (Å²) in [6.07, 6.45) is 0.803. The highest BCUT2D eigenvalue weighted by atomic mass is 16.5. The fourth-order valence-corrected chi connectivity index (χ4v) is 2.48. The third kappa shape index (κ3) is 2.88. The highest BCUT2D eigenvalue weighted by Crippen LogP contribution is 2.34. The summed E-state index contributed by atoms with van der Waals surface area (Å²) in [6.45, 7) is 4.77. The van der Waals surface area contributed by atoms with Crippen molar-refractivity contribution in [3.05, 3.63) is 18.2 Å². The molecule has 1 fully saturated rings. The summed E-state index contributed by atoms with van der Waals surface area (Å²) in [5, 5.41) is 3.29. The smallest absolute Gasteiger partial charge is 0.244 e. The maximum Gasteiger partial charge on any atom is 0.244 e. The molecule has 0 spiro atoms. The quantitative estimate of drug-likeness (QED) is 0.892. The van der Waals surface area contributed by atoms with Crippen molar-refractivity contribution in [1.29, 1.82) is 0 Å². The lowest BCUT2D eigenvalue weighted by Crippen LogP contribution is -2.41. The van der Waals surface area contributed by atoms with Gasteiger partial charge in [0.1, 0.15) is 11.5 Å². The zero-order valence-electron chi connectivity index (χ0n) is 12.5. The minimum Gasteiger partial charge on any atom is -0.497 e. The second kappa shape index (κ2) is 6.13. The Hall–Kier alpha value is -1.75. The molecule has 0 aromatic heterocycles. The lowest BCUT2D eigenvalue weighted by Gasteiger charge is -2.21. The van der Waals surface area contributed by atoms with Gasteiger partial charge < -0.3 is 19.7 Å². The van der Waals surface area contributed by atoms with E-state index >= 15 is 0 Å². The van der Waals surface area contributed by atoms with Crippen LogP contribution in [0.3, 0.4) is 0 Å². The first-order valence-electron chi connectivity index (χ1n) is 6.86. The van der Waals surface area contributed by atoms with Crippen LogP contribution in [0.1, 0.15) is 20.3 Å². The molecule has 5 nitrogen and oxygen atoms in total. The molecule has 1 aromatic carbocycles. The van der Waals surface area contributed by atoms with Crippen molar-refractivity contribution >= 4 is 11.6 Å². The van der Waals surface area contributed by atoms with Crippen LogP contribution in [0, 0.1) is 0 Å². The van der Waals surface area contributed by atoms with Crippen molar-refractivity contribution in [2.24, 2.45) is 0 Å². The monoisotopic (exact) mass is 278 g/mol. The van der Waals surface area contributed by atoms with Crippen LogP contribution in [0.25, 0.3) is 0 Å². The van der Waals surface area contributed by atoms with Crippen LogP contribution in [0.5, 0.6) is 11.5 Å². The number of rotatable bonds is 5. The molecule has 2 rings (SSSR count). The second-order valence-corrected chi connectivity index (χ2v) is 5.19. The number of nitrogens with one attached hydrogen (secondary N) is 1. The number of anilines is 1. The molecule has 1 heterocycles. The predicted octanol–water partition coefficient (Wildman–Crippen LogP) is 1.81. The minimum absolute atomic E-state index is 0.0882.